The van der Waals surface area contributed by atoms with Crippen molar-refractivity contribution in [2.45, 2.75) is 295 Å². The van der Waals surface area contributed by atoms with Gasteiger partial charge in [-0.25, -0.2) is 0 Å². The lowest BCUT2D eigenvalue weighted by Crippen LogP contribution is -2.52. The zero-order valence-electron chi connectivity index (χ0n) is 38.7. The SMILES string of the molecule is CCCCCCCCCCCCCCCCCCCCCCCCCC(=O)N[C@@H](CO[C@@H](CO)OC(C)[C@@H]1CO1)[C@H](O)[C@H](O)CCCCCCCCCCCCCC. The van der Waals surface area contributed by atoms with Crippen LogP contribution >= 0.6 is 0 Å². The van der Waals surface area contributed by atoms with Gasteiger partial charge in [-0.3, -0.25) is 4.79 Å². The molecule has 0 radical (unpaired) electrons. The van der Waals surface area contributed by atoms with Crippen LogP contribution in [0.2, 0.25) is 0 Å². The van der Waals surface area contributed by atoms with E-state index in [9.17, 15) is 20.1 Å². The van der Waals surface area contributed by atoms with Crippen LogP contribution in [0.15, 0.2) is 0 Å². The van der Waals surface area contributed by atoms with E-state index >= 15 is 0 Å². The van der Waals surface area contributed by atoms with Gasteiger partial charge in [0, 0.05) is 6.42 Å². The summed E-state index contributed by atoms with van der Waals surface area (Å²) in [5.74, 6) is -0.144. The second-order valence-electron chi connectivity index (χ2n) is 18.1. The number of ether oxygens (including phenoxy) is 3. The maximum atomic E-state index is 13.0. The predicted octanol–water partition coefficient (Wildman–Crippen LogP) is 12.8. The Morgan fingerprint density at radius 2 is 0.931 bits per heavy atom. The molecule has 0 bridgehead atoms. The van der Waals surface area contributed by atoms with E-state index in [2.05, 4.69) is 19.2 Å². The number of nitrogens with one attached hydrogen (secondary N) is 1. The largest absolute Gasteiger partial charge is 0.391 e. The Kier molecular flexibility index (Phi) is 39.6. The highest BCUT2D eigenvalue weighted by Crippen LogP contribution is 2.20. The molecule has 1 unspecified atom stereocenters. The summed E-state index contributed by atoms with van der Waals surface area (Å²) in [6, 6.07) is -0.797. The van der Waals surface area contributed by atoms with Gasteiger partial charge >= 0.3 is 0 Å². The molecule has 0 saturated carbocycles. The lowest BCUT2D eigenvalue weighted by Gasteiger charge is -2.29. The molecule has 346 valence electrons. The summed E-state index contributed by atoms with van der Waals surface area (Å²) in [6.45, 7) is 6.63. The fraction of sp³-hybridized carbons (Fsp3) is 0.980. The molecule has 1 aliphatic rings. The first-order valence-electron chi connectivity index (χ1n) is 25.6. The van der Waals surface area contributed by atoms with E-state index in [4.69, 9.17) is 14.2 Å². The zero-order chi connectivity index (χ0) is 42.2. The molecule has 0 aromatic rings. The third kappa shape index (κ3) is 34.9. The molecular formula is C50H99NO7. The van der Waals surface area contributed by atoms with Crippen LogP contribution < -0.4 is 5.32 Å². The smallest absolute Gasteiger partial charge is 0.220 e. The minimum atomic E-state index is -1.17. The van der Waals surface area contributed by atoms with Crippen molar-refractivity contribution in [3.8, 4) is 0 Å². The summed E-state index contributed by atoms with van der Waals surface area (Å²) in [4.78, 5) is 13.0. The summed E-state index contributed by atoms with van der Waals surface area (Å²) in [7, 11) is 0. The van der Waals surface area contributed by atoms with Crippen LogP contribution in [0.5, 0.6) is 0 Å². The Bertz CT molecular complexity index is 858. The Morgan fingerprint density at radius 1 is 0.586 bits per heavy atom. The summed E-state index contributed by atoms with van der Waals surface area (Å²) in [5, 5.41) is 34.9. The van der Waals surface area contributed by atoms with E-state index in [1.54, 1.807) is 0 Å². The van der Waals surface area contributed by atoms with Gasteiger partial charge in [-0.1, -0.05) is 232 Å². The Morgan fingerprint density at radius 3 is 1.28 bits per heavy atom. The molecule has 1 amide bonds. The molecule has 0 aliphatic carbocycles. The van der Waals surface area contributed by atoms with Crippen molar-refractivity contribution < 1.29 is 34.3 Å². The summed E-state index contributed by atoms with van der Waals surface area (Å²) < 4.78 is 16.9. The van der Waals surface area contributed by atoms with Crippen LogP contribution in [0.3, 0.4) is 0 Å². The van der Waals surface area contributed by atoms with Gasteiger partial charge in [0.25, 0.3) is 0 Å². The third-order valence-corrected chi connectivity index (χ3v) is 12.4. The van der Waals surface area contributed by atoms with E-state index in [1.165, 1.54) is 186 Å². The number of aliphatic hydroxyl groups excluding tert-OH is 3. The highest BCUT2D eigenvalue weighted by Gasteiger charge is 2.33. The number of epoxide rings is 1. The van der Waals surface area contributed by atoms with Crippen LogP contribution in [-0.2, 0) is 19.0 Å². The quantitative estimate of drug-likeness (QED) is 0.0274. The monoisotopic (exact) mass is 826 g/mol. The Hall–Kier alpha value is -0.770. The van der Waals surface area contributed by atoms with Crippen LogP contribution in [0.1, 0.15) is 258 Å². The first kappa shape index (κ1) is 55.2. The topological polar surface area (TPSA) is 121 Å². The second-order valence-corrected chi connectivity index (χ2v) is 18.1. The van der Waals surface area contributed by atoms with Crippen LogP contribution in [-0.4, -0.2) is 77.8 Å². The molecule has 58 heavy (non-hydrogen) atoms. The Labute approximate surface area is 359 Å². The van der Waals surface area contributed by atoms with Crippen molar-refractivity contribution in [2.75, 3.05) is 19.8 Å². The number of unbranched alkanes of at least 4 members (excludes halogenated alkanes) is 33. The number of carbonyl (C=O) groups is 1. The number of hydrogen-bond acceptors (Lipinski definition) is 7. The van der Waals surface area contributed by atoms with Crippen molar-refractivity contribution in [2.24, 2.45) is 0 Å². The fourth-order valence-corrected chi connectivity index (χ4v) is 8.21. The van der Waals surface area contributed by atoms with Gasteiger partial charge < -0.3 is 34.8 Å². The first-order chi connectivity index (χ1) is 28.4. The van der Waals surface area contributed by atoms with E-state index in [1.807, 2.05) is 6.92 Å². The highest BCUT2D eigenvalue weighted by molar-refractivity contribution is 5.76. The van der Waals surface area contributed by atoms with Crippen molar-refractivity contribution in [1.82, 2.24) is 5.32 Å². The van der Waals surface area contributed by atoms with Gasteiger partial charge in [-0.2, -0.15) is 0 Å². The lowest BCUT2D eigenvalue weighted by atomic mass is 9.99. The van der Waals surface area contributed by atoms with Gasteiger partial charge in [-0.15, -0.1) is 0 Å². The minimum absolute atomic E-state index is 0.000210. The molecule has 1 aliphatic heterocycles. The molecule has 0 aromatic carbocycles. The molecule has 4 N–H and O–H groups in total. The number of aliphatic hydroxyl groups is 3. The Balaban J connectivity index is 2.17. The van der Waals surface area contributed by atoms with E-state index in [0.29, 0.717) is 19.4 Å². The molecule has 1 fully saturated rings. The molecule has 0 aromatic heterocycles. The maximum Gasteiger partial charge on any atom is 0.220 e. The maximum absolute atomic E-state index is 13.0. The molecule has 1 heterocycles. The van der Waals surface area contributed by atoms with Crippen LogP contribution in [0, 0.1) is 0 Å². The number of hydrogen-bond donors (Lipinski definition) is 4. The average Bonchev–Trinajstić information content (AvgIpc) is 4.08. The summed E-state index contributed by atoms with van der Waals surface area (Å²) in [6.07, 6.45) is 43.2. The van der Waals surface area contributed by atoms with Crippen molar-refractivity contribution in [1.29, 1.82) is 0 Å². The zero-order valence-corrected chi connectivity index (χ0v) is 38.7. The van der Waals surface area contributed by atoms with Gasteiger partial charge in [0.15, 0.2) is 6.29 Å². The van der Waals surface area contributed by atoms with Gasteiger partial charge in [0.05, 0.1) is 38.1 Å². The molecule has 1 saturated heterocycles. The fourth-order valence-electron chi connectivity index (χ4n) is 8.21. The second kappa shape index (κ2) is 41.6. The van der Waals surface area contributed by atoms with Crippen molar-refractivity contribution in [3.05, 3.63) is 0 Å². The third-order valence-electron chi connectivity index (χ3n) is 12.4. The summed E-state index contributed by atoms with van der Waals surface area (Å²) in [5.41, 5.74) is 0. The lowest BCUT2D eigenvalue weighted by molar-refractivity contribution is -0.195. The van der Waals surface area contributed by atoms with E-state index < -0.39 is 24.5 Å². The molecule has 1 rings (SSSR count). The molecule has 0 spiro atoms. The minimum Gasteiger partial charge on any atom is -0.391 e. The first-order valence-corrected chi connectivity index (χ1v) is 25.6. The number of rotatable bonds is 47. The predicted molar refractivity (Wildman–Crippen MR) is 243 cm³/mol. The summed E-state index contributed by atoms with van der Waals surface area (Å²) >= 11 is 0. The number of carbonyl (C=O) groups excluding carboxylic acids is 1. The van der Waals surface area contributed by atoms with Gasteiger partial charge in [-0.05, 0) is 19.8 Å². The van der Waals surface area contributed by atoms with E-state index in [-0.39, 0.29) is 31.3 Å². The van der Waals surface area contributed by atoms with Crippen LogP contribution in [0.25, 0.3) is 0 Å². The standard InChI is InChI=1S/C50H99NO7/c1-4-6-8-10-12-14-16-18-19-20-21-22-23-24-25-26-27-28-30-32-34-36-38-40-48(54)51-45(42-57-49(41-52)58-44(3)47-43-56-47)50(55)46(53)39-37-35-33-31-29-17-15-13-11-9-7-5-2/h44-47,49-50,52-53,55H,4-43H2,1-3H3,(H,51,54)/t44?,45-,46+,47-,49+,50-/m0/s1. The molecule has 8 nitrogen and oxygen atoms in total. The van der Waals surface area contributed by atoms with E-state index in [0.717, 1.165) is 38.5 Å². The van der Waals surface area contributed by atoms with Crippen molar-refractivity contribution >= 4 is 5.91 Å². The van der Waals surface area contributed by atoms with Gasteiger partial charge in [0.2, 0.25) is 5.91 Å². The molecule has 8 heteroatoms. The molecular weight excluding hydrogens is 727 g/mol. The van der Waals surface area contributed by atoms with Crippen molar-refractivity contribution in [3.63, 3.8) is 0 Å². The highest BCUT2D eigenvalue weighted by atomic mass is 16.7. The number of amides is 1. The van der Waals surface area contributed by atoms with Crippen LogP contribution in [0.4, 0.5) is 0 Å². The normalized spacial score (nSPS) is 16.6. The average molecular weight is 826 g/mol. The van der Waals surface area contributed by atoms with Gasteiger partial charge in [0.1, 0.15) is 12.2 Å². The molecule has 6 atom stereocenters.